The number of anilines is 2. The molecule has 0 aromatic heterocycles. The summed E-state index contributed by atoms with van der Waals surface area (Å²) < 4.78 is 4.72. The summed E-state index contributed by atoms with van der Waals surface area (Å²) in [6, 6.07) is 6.99. The molecule has 1 aromatic rings. The van der Waals surface area contributed by atoms with Gasteiger partial charge in [0.05, 0.1) is 13.2 Å². The number of carbonyl (C=O) groups is 4. The minimum Gasteiger partial charge on any atom is -0.453 e. The average Bonchev–Trinajstić information content (AvgIpc) is 2.79. The van der Waals surface area contributed by atoms with Crippen LogP contribution in [0.15, 0.2) is 24.3 Å². The van der Waals surface area contributed by atoms with E-state index >= 15 is 0 Å². The number of piperidine rings is 3. The maximum Gasteiger partial charge on any atom is 0.409 e. The third-order valence-corrected chi connectivity index (χ3v) is 6.40. The van der Waals surface area contributed by atoms with E-state index in [-0.39, 0.29) is 12.3 Å². The number of amides is 3. The number of nitrogens with one attached hydrogen (secondary N) is 2. The highest BCUT2D eigenvalue weighted by Crippen LogP contribution is 2.28. The van der Waals surface area contributed by atoms with Gasteiger partial charge in [-0.2, -0.15) is 0 Å². The fraction of sp³-hybridized carbons (Fsp3) is 0.545. The van der Waals surface area contributed by atoms with Crippen molar-refractivity contribution in [1.29, 1.82) is 0 Å². The molecule has 2 N–H and O–H groups in total. The monoisotopic (exact) mass is 428 g/mol. The fourth-order valence-corrected chi connectivity index (χ4v) is 4.71. The maximum atomic E-state index is 12.9. The molecule has 9 heteroatoms. The Bertz CT molecular complexity index is 865. The lowest BCUT2D eigenvalue weighted by atomic mass is 9.78. The van der Waals surface area contributed by atoms with E-state index in [0.29, 0.717) is 18.7 Å². The highest BCUT2D eigenvalue weighted by Gasteiger charge is 2.49. The molecule has 166 valence electrons. The number of methoxy groups -OCH3 is 1. The van der Waals surface area contributed by atoms with Crippen molar-refractivity contribution >= 4 is 35.1 Å². The molecule has 3 fully saturated rings. The van der Waals surface area contributed by atoms with Gasteiger partial charge in [-0.25, -0.2) is 4.79 Å². The minimum absolute atomic E-state index is 0.196. The number of hydrogen-bond acceptors (Lipinski definition) is 6. The van der Waals surface area contributed by atoms with E-state index in [1.54, 1.807) is 12.1 Å². The van der Waals surface area contributed by atoms with E-state index in [9.17, 15) is 19.2 Å². The average molecular weight is 428 g/mol. The van der Waals surface area contributed by atoms with Crippen molar-refractivity contribution in [2.24, 2.45) is 11.8 Å². The standard InChI is InChI=1S/C22H28N4O5/c1-31-22(30)26-12-9-16-17(13-26)24-21(29)18(19(16)27)20(28)23-14-5-7-15(8-6-14)25-10-3-2-4-11-25/h5-8,16-18H,2-4,9-13H2,1H3,(H,23,28)(H,24,29). The van der Waals surface area contributed by atoms with Gasteiger partial charge in [-0.3, -0.25) is 14.4 Å². The van der Waals surface area contributed by atoms with E-state index in [2.05, 4.69) is 15.5 Å². The molecule has 0 saturated carbocycles. The van der Waals surface area contributed by atoms with Crippen molar-refractivity contribution in [3.8, 4) is 0 Å². The van der Waals surface area contributed by atoms with Crippen LogP contribution in [0, 0.1) is 11.8 Å². The number of hydrogen-bond donors (Lipinski definition) is 2. The first kappa shape index (κ1) is 21.1. The molecule has 3 heterocycles. The largest absolute Gasteiger partial charge is 0.453 e. The van der Waals surface area contributed by atoms with Crippen LogP contribution in [-0.4, -0.2) is 67.9 Å². The Labute approximate surface area is 181 Å². The summed E-state index contributed by atoms with van der Waals surface area (Å²) in [7, 11) is 1.29. The lowest BCUT2D eigenvalue weighted by molar-refractivity contribution is -0.147. The van der Waals surface area contributed by atoms with E-state index < -0.39 is 35.8 Å². The molecule has 9 nitrogen and oxygen atoms in total. The van der Waals surface area contributed by atoms with Crippen molar-refractivity contribution in [1.82, 2.24) is 10.2 Å². The van der Waals surface area contributed by atoms with Crippen molar-refractivity contribution in [3.63, 3.8) is 0 Å². The van der Waals surface area contributed by atoms with Gasteiger partial charge in [-0.1, -0.05) is 0 Å². The summed E-state index contributed by atoms with van der Waals surface area (Å²) in [5.41, 5.74) is 1.65. The molecule has 3 aliphatic rings. The molecule has 0 aliphatic carbocycles. The Morgan fingerprint density at radius 1 is 1.06 bits per heavy atom. The first-order valence-corrected chi connectivity index (χ1v) is 10.8. The molecule has 3 saturated heterocycles. The Balaban J connectivity index is 1.39. The first-order chi connectivity index (χ1) is 15.0. The van der Waals surface area contributed by atoms with Crippen molar-refractivity contribution < 1.29 is 23.9 Å². The van der Waals surface area contributed by atoms with Crippen LogP contribution in [0.25, 0.3) is 0 Å². The van der Waals surface area contributed by atoms with E-state index in [1.807, 2.05) is 12.1 Å². The molecule has 0 spiro atoms. The molecule has 0 radical (unpaired) electrons. The van der Waals surface area contributed by atoms with Gasteiger partial charge in [0.15, 0.2) is 11.7 Å². The molecule has 3 amide bonds. The highest BCUT2D eigenvalue weighted by atomic mass is 16.5. The molecule has 3 unspecified atom stereocenters. The fourth-order valence-electron chi connectivity index (χ4n) is 4.71. The molecule has 3 aliphatic heterocycles. The van der Waals surface area contributed by atoms with Crippen LogP contribution in [0.2, 0.25) is 0 Å². The van der Waals surface area contributed by atoms with E-state index in [4.69, 9.17) is 4.74 Å². The van der Waals surface area contributed by atoms with Gasteiger partial charge >= 0.3 is 6.09 Å². The van der Waals surface area contributed by atoms with Gasteiger partial charge in [0.1, 0.15) is 0 Å². The van der Waals surface area contributed by atoms with Gasteiger partial charge in [-0.15, -0.1) is 0 Å². The summed E-state index contributed by atoms with van der Waals surface area (Å²) in [6.45, 7) is 2.60. The van der Waals surface area contributed by atoms with Crippen LogP contribution in [0.1, 0.15) is 25.7 Å². The third-order valence-electron chi connectivity index (χ3n) is 6.40. The van der Waals surface area contributed by atoms with Crippen molar-refractivity contribution in [2.45, 2.75) is 31.7 Å². The van der Waals surface area contributed by atoms with Gasteiger partial charge in [0.2, 0.25) is 11.8 Å². The Morgan fingerprint density at radius 2 is 1.77 bits per heavy atom. The summed E-state index contributed by atoms with van der Waals surface area (Å²) in [5, 5.41) is 5.46. The quantitative estimate of drug-likeness (QED) is 0.705. The van der Waals surface area contributed by atoms with Crippen LogP contribution >= 0.6 is 0 Å². The van der Waals surface area contributed by atoms with Gasteiger partial charge in [-0.05, 0) is 49.9 Å². The number of benzene rings is 1. The first-order valence-electron chi connectivity index (χ1n) is 10.8. The number of ketones is 1. The lowest BCUT2D eigenvalue weighted by Crippen LogP contribution is -2.64. The number of nitrogens with zero attached hydrogens (tertiary/aromatic N) is 2. The molecular weight excluding hydrogens is 400 g/mol. The molecule has 1 aromatic carbocycles. The van der Waals surface area contributed by atoms with Crippen LogP contribution in [0.3, 0.4) is 0 Å². The summed E-state index contributed by atoms with van der Waals surface area (Å²) >= 11 is 0. The predicted octanol–water partition coefficient (Wildman–Crippen LogP) is 1.39. The zero-order valence-corrected chi connectivity index (χ0v) is 17.6. The number of rotatable bonds is 3. The number of fused-ring (bicyclic) bond motifs is 1. The van der Waals surface area contributed by atoms with Gasteiger partial charge in [0.25, 0.3) is 0 Å². The van der Waals surface area contributed by atoms with Gasteiger partial charge < -0.3 is 25.2 Å². The van der Waals surface area contributed by atoms with Gasteiger partial charge in [0, 0.05) is 43.5 Å². The minimum atomic E-state index is -1.38. The molecule has 0 bridgehead atoms. The van der Waals surface area contributed by atoms with Crippen LogP contribution in [0.4, 0.5) is 16.2 Å². The summed E-state index contributed by atoms with van der Waals surface area (Å²) in [5.74, 6) is -3.51. The Morgan fingerprint density at radius 3 is 2.45 bits per heavy atom. The predicted molar refractivity (Wildman–Crippen MR) is 114 cm³/mol. The second kappa shape index (κ2) is 8.95. The number of Topliss-reactive ketones (excluding diaryl/α,β-unsaturated/α-hetero) is 1. The molecule has 4 rings (SSSR count). The molecule has 31 heavy (non-hydrogen) atoms. The second-order valence-corrected chi connectivity index (χ2v) is 8.35. The normalized spacial score (nSPS) is 26.0. The number of ether oxygens (including phenoxy) is 1. The number of likely N-dealkylation sites (tertiary alicyclic amines) is 1. The van der Waals surface area contributed by atoms with Crippen LogP contribution < -0.4 is 15.5 Å². The van der Waals surface area contributed by atoms with E-state index in [0.717, 1.165) is 18.8 Å². The molecular formula is C22H28N4O5. The van der Waals surface area contributed by atoms with Crippen molar-refractivity contribution in [2.75, 3.05) is 43.5 Å². The van der Waals surface area contributed by atoms with Crippen LogP contribution in [-0.2, 0) is 19.1 Å². The van der Waals surface area contributed by atoms with Crippen LogP contribution in [0.5, 0.6) is 0 Å². The number of carbonyl (C=O) groups excluding carboxylic acids is 4. The Hall–Kier alpha value is -3.10. The third kappa shape index (κ3) is 4.35. The summed E-state index contributed by atoms with van der Waals surface area (Å²) in [4.78, 5) is 53.8. The van der Waals surface area contributed by atoms with Crippen molar-refractivity contribution in [3.05, 3.63) is 24.3 Å². The zero-order valence-electron chi connectivity index (χ0n) is 17.6. The maximum absolute atomic E-state index is 12.9. The Kier molecular flexibility index (Phi) is 6.11. The SMILES string of the molecule is COC(=O)N1CCC2C(=O)C(C(=O)Nc3ccc(N4CCCCC4)cc3)C(=O)NC2C1. The topological polar surface area (TPSA) is 108 Å². The lowest BCUT2D eigenvalue weighted by Gasteiger charge is -2.41. The van der Waals surface area contributed by atoms with E-state index in [1.165, 1.54) is 31.3 Å². The second-order valence-electron chi connectivity index (χ2n) is 8.35. The molecule has 3 atom stereocenters. The highest BCUT2D eigenvalue weighted by molar-refractivity contribution is 6.23. The smallest absolute Gasteiger partial charge is 0.409 e. The summed E-state index contributed by atoms with van der Waals surface area (Å²) in [6.07, 6.45) is 3.50. The zero-order chi connectivity index (χ0) is 22.0.